The maximum Gasteiger partial charge on any atom is 1.00 e. The fourth-order valence-electron chi connectivity index (χ4n) is 1.47. The van der Waals surface area contributed by atoms with Gasteiger partial charge < -0.3 is 39.0 Å². The van der Waals surface area contributed by atoms with Crippen LogP contribution in [0.1, 0.15) is 0 Å². The number of nitrogens with one attached hydrogen (secondary N) is 2. The first-order valence-corrected chi connectivity index (χ1v) is 8.15. The van der Waals surface area contributed by atoms with Crippen molar-refractivity contribution in [2.75, 3.05) is 5.32 Å². The quantitative estimate of drug-likeness (QED) is 0.405. The van der Waals surface area contributed by atoms with Crippen molar-refractivity contribution < 1.29 is 87.8 Å². The van der Waals surface area contributed by atoms with Crippen molar-refractivity contribution in [1.29, 1.82) is 0 Å². The molecule has 1 aromatic carbocycles. The van der Waals surface area contributed by atoms with Crippen molar-refractivity contribution in [3.8, 4) is 0 Å². The van der Waals surface area contributed by atoms with Gasteiger partial charge in [-0.25, -0.2) is 4.98 Å². The minimum absolute atomic E-state index is 0. The smallest absolute Gasteiger partial charge is 0.809 e. The second-order valence-electron chi connectivity index (χ2n) is 3.70. The molecule has 2 aromatic rings. The van der Waals surface area contributed by atoms with Gasteiger partial charge in [0.25, 0.3) is 0 Å². The summed E-state index contributed by atoms with van der Waals surface area (Å²) in [6.45, 7) is 0. The molecular weight excluding hydrogens is 342 g/mol. The zero-order chi connectivity index (χ0) is 14.3. The van der Waals surface area contributed by atoms with Crippen LogP contribution < -0.4 is 84.0 Å². The molecule has 2 N–H and O–H groups in total. The average Bonchev–Trinajstić information content (AvgIpc) is 2.65. The van der Waals surface area contributed by atoms with Gasteiger partial charge in [0.2, 0.25) is 5.95 Å². The third kappa shape index (κ3) is 5.73. The number of aromatic nitrogens is 2. The fourth-order valence-corrected chi connectivity index (χ4v) is 3.42. The molecule has 1 aromatic heterocycles. The molecular formula is C8H7N3Na2O6P2-2. The Morgan fingerprint density at radius 3 is 2.05 bits per heavy atom. The number of nitrogens with zero attached hydrogens (tertiary/aromatic N) is 1. The summed E-state index contributed by atoms with van der Waals surface area (Å²) < 4.78 is 21.6. The molecule has 104 valence electrons. The standard InChI is InChI=1S/C8H11N3O6P2.2Na/c12-18(13,14)8(19(15,16)17)11-7-9-5-3-1-2-4-6(5)10-7;;/h1-4,8H,(H2,9,10,11)(H2,12,13,14)(H2,15,16,17);;/q;2*+1/p-4. The second kappa shape index (κ2) is 8.06. The molecule has 0 spiro atoms. The fraction of sp³-hybridized carbons (Fsp3) is 0.125. The van der Waals surface area contributed by atoms with Crippen LogP contribution in [0.25, 0.3) is 11.0 Å². The molecule has 2 rings (SSSR count). The SMILES string of the molecule is O=P([O-])([O-])C(Nc1nc2ccccc2[nH]1)P(=O)([O-])[O-].[Na+].[Na+]. The predicted molar refractivity (Wildman–Crippen MR) is 58.7 cm³/mol. The van der Waals surface area contributed by atoms with Crippen molar-refractivity contribution in [3.63, 3.8) is 0 Å². The van der Waals surface area contributed by atoms with Crippen molar-refractivity contribution in [1.82, 2.24) is 9.97 Å². The Bertz CT molecular complexity index is 643. The summed E-state index contributed by atoms with van der Waals surface area (Å²) in [6, 6.07) is 6.50. The molecule has 1 heterocycles. The number of para-hydroxylation sites is 2. The number of imidazole rings is 1. The van der Waals surface area contributed by atoms with Gasteiger partial charge in [0.1, 0.15) is 0 Å². The monoisotopic (exact) mass is 349 g/mol. The van der Waals surface area contributed by atoms with E-state index in [0.717, 1.165) is 0 Å². The van der Waals surface area contributed by atoms with Gasteiger partial charge in [-0.05, 0) is 27.3 Å². The predicted octanol–water partition coefficient (Wildman–Crippen LogP) is -7.91. The number of benzene rings is 1. The number of aromatic amines is 1. The Morgan fingerprint density at radius 2 is 1.57 bits per heavy atom. The van der Waals surface area contributed by atoms with E-state index in [1.165, 1.54) is 0 Å². The van der Waals surface area contributed by atoms with Gasteiger partial charge in [-0.2, -0.15) is 0 Å². The summed E-state index contributed by atoms with van der Waals surface area (Å²) in [6.07, 6.45) is 0. The summed E-state index contributed by atoms with van der Waals surface area (Å²) >= 11 is 0. The van der Waals surface area contributed by atoms with Crippen LogP contribution in [-0.2, 0) is 9.13 Å². The Labute approximate surface area is 163 Å². The maximum atomic E-state index is 10.8. The molecule has 21 heavy (non-hydrogen) atoms. The molecule has 0 amide bonds. The van der Waals surface area contributed by atoms with Crippen LogP contribution in [0.2, 0.25) is 0 Å². The van der Waals surface area contributed by atoms with E-state index in [1.54, 1.807) is 29.6 Å². The molecule has 0 atom stereocenters. The minimum atomic E-state index is -5.67. The van der Waals surface area contributed by atoms with Crippen molar-refractivity contribution in [2.45, 2.75) is 5.52 Å². The van der Waals surface area contributed by atoms with Crippen LogP contribution in [-0.4, -0.2) is 15.5 Å². The largest absolute Gasteiger partial charge is 1.00 e. The van der Waals surface area contributed by atoms with Crippen molar-refractivity contribution in [2.24, 2.45) is 0 Å². The van der Waals surface area contributed by atoms with E-state index in [4.69, 9.17) is 0 Å². The summed E-state index contributed by atoms with van der Waals surface area (Å²) in [5.74, 6) is -0.287. The maximum absolute atomic E-state index is 10.8. The van der Waals surface area contributed by atoms with Crippen LogP contribution in [0.3, 0.4) is 0 Å². The second-order valence-corrected chi connectivity index (χ2v) is 7.30. The first-order valence-electron chi connectivity index (χ1n) is 4.93. The van der Waals surface area contributed by atoms with Crippen molar-refractivity contribution >= 4 is 32.2 Å². The first-order chi connectivity index (χ1) is 8.68. The molecule has 0 fully saturated rings. The summed E-state index contributed by atoms with van der Waals surface area (Å²) in [5.41, 5.74) is -1.87. The molecule has 0 aliphatic carbocycles. The molecule has 0 bridgehead atoms. The van der Waals surface area contributed by atoms with E-state index in [1.807, 2.05) is 0 Å². The van der Waals surface area contributed by atoms with Gasteiger partial charge in [-0.1, -0.05) is 12.1 Å². The van der Waals surface area contributed by atoms with Crippen LogP contribution in [0, 0.1) is 0 Å². The molecule has 0 radical (unpaired) electrons. The Kier molecular flexibility index (Phi) is 8.36. The molecule has 0 aliphatic heterocycles. The molecule has 13 heteroatoms. The topological polar surface area (TPSA) is 167 Å². The van der Waals surface area contributed by atoms with Gasteiger partial charge in [0.05, 0.1) is 16.6 Å². The number of anilines is 1. The molecule has 0 saturated heterocycles. The first kappa shape index (κ1) is 21.8. The van der Waals surface area contributed by atoms with E-state index in [2.05, 4.69) is 9.97 Å². The average molecular weight is 349 g/mol. The molecule has 0 aliphatic rings. The number of hydrogen-bond acceptors (Lipinski definition) is 8. The number of H-pyrrole nitrogens is 1. The van der Waals surface area contributed by atoms with Crippen LogP contribution in [0.15, 0.2) is 24.3 Å². The summed E-state index contributed by atoms with van der Waals surface area (Å²) in [5, 5.41) is 1.81. The number of fused-ring (bicyclic) bond motifs is 1. The number of rotatable bonds is 4. The molecule has 0 unspecified atom stereocenters. The zero-order valence-corrected chi connectivity index (χ0v) is 17.0. The van der Waals surface area contributed by atoms with E-state index in [0.29, 0.717) is 11.0 Å². The third-order valence-corrected chi connectivity index (χ3v) is 5.41. The van der Waals surface area contributed by atoms with Gasteiger partial charge in [0, 0.05) is 0 Å². The van der Waals surface area contributed by atoms with Crippen LogP contribution in [0.4, 0.5) is 5.95 Å². The summed E-state index contributed by atoms with van der Waals surface area (Å²) in [7, 11) is -11.3. The van der Waals surface area contributed by atoms with E-state index in [9.17, 15) is 28.7 Å². The zero-order valence-electron chi connectivity index (χ0n) is 11.2. The number of hydrogen-bond donors (Lipinski definition) is 2. The normalized spacial score (nSPS) is 11.9. The minimum Gasteiger partial charge on any atom is -0.809 e. The van der Waals surface area contributed by atoms with E-state index < -0.39 is 20.7 Å². The van der Waals surface area contributed by atoms with Gasteiger partial charge in [-0.3, -0.25) is 0 Å². The van der Waals surface area contributed by atoms with Gasteiger partial charge in [0.15, 0.2) is 0 Å². The molecule has 0 saturated carbocycles. The van der Waals surface area contributed by atoms with Crippen molar-refractivity contribution in [3.05, 3.63) is 24.3 Å². The summed E-state index contributed by atoms with van der Waals surface area (Å²) in [4.78, 5) is 49.5. The third-order valence-electron chi connectivity index (χ3n) is 2.25. The van der Waals surface area contributed by atoms with Crippen LogP contribution >= 0.6 is 15.2 Å². The van der Waals surface area contributed by atoms with E-state index in [-0.39, 0.29) is 65.1 Å². The molecule has 9 nitrogen and oxygen atoms in total. The van der Waals surface area contributed by atoms with Gasteiger partial charge >= 0.3 is 59.1 Å². The Balaban J connectivity index is 0.00000200. The Hall–Kier alpha value is 0.790. The van der Waals surface area contributed by atoms with Gasteiger partial charge in [-0.15, -0.1) is 0 Å². The van der Waals surface area contributed by atoms with E-state index >= 15 is 0 Å². The Morgan fingerprint density at radius 1 is 1.05 bits per heavy atom. The van der Waals surface area contributed by atoms with Crippen LogP contribution in [0.5, 0.6) is 0 Å².